The van der Waals surface area contributed by atoms with Crippen molar-refractivity contribution >= 4 is 39.5 Å². The maximum absolute atomic E-state index is 14.6. The summed E-state index contributed by atoms with van der Waals surface area (Å²) in [6.45, 7) is 5.28. The van der Waals surface area contributed by atoms with Crippen molar-refractivity contribution in [2.45, 2.75) is 126 Å². The molecule has 14 nitrogen and oxygen atoms in total. The number of amides is 4. The van der Waals surface area contributed by atoms with Crippen LogP contribution in [0.2, 0.25) is 0 Å². The number of allylic oxidation sites excluding steroid dienone is 1. The molecule has 2 aromatic rings. The van der Waals surface area contributed by atoms with Crippen LogP contribution in [0.15, 0.2) is 39.9 Å². The van der Waals surface area contributed by atoms with E-state index in [9.17, 15) is 41.6 Å². The lowest BCUT2D eigenvalue weighted by molar-refractivity contribution is -0.140. The number of ether oxygens (including phenoxy) is 1. The summed E-state index contributed by atoms with van der Waals surface area (Å²) in [4.78, 5) is 84.0. The van der Waals surface area contributed by atoms with Gasteiger partial charge in [-0.05, 0) is 55.6 Å². The quantitative estimate of drug-likeness (QED) is 0.291. The van der Waals surface area contributed by atoms with Crippen LogP contribution < -0.4 is 26.2 Å². The molecule has 2 aromatic carbocycles. The molecular formula is C38H46FN5O9S. The zero-order chi connectivity index (χ0) is 38.7. The van der Waals surface area contributed by atoms with Crippen molar-refractivity contribution in [1.29, 1.82) is 0 Å². The highest BCUT2D eigenvalue weighted by molar-refractivity contribution is 7.91. The summed E-state index contributed by atoms with van der Waals surface area (Å²) in [6.07, 6.45) is 5.81. The third kappa shape index (κ3) is 7.16. The first-order valence-corrected chi connectivity index (χ1v) is 20.2. The summed E-state index contributed by atoms with van der Waals surface area (Å²) >= 11 is 0. The van der Waals surface area contributed by atoms with Crippen LogP contribution in [0.5, 0.6) is 0 Å². The second-order valence-electron chi connectivity index (χ2n) is 16.3. The van der Waals surface area contributed by atoms with Gasteiger partial charge < -0.3 is 20.3 Å². The standard InChI is InChI=1S/C38H46FN5O9S/c1-37(2,3)29-30(32(46)31(29)45)40-27-13-8-6-4-5-7-11-22-17-38(22,35(49)42-54(51,52)24-14-15-24)41-33(47)28-16-23(19-44(28)34(27)48)53-36(50)43-18-21-10-9-12-26(39)25(21)20-43/h7,9-12,22-24,27-28,40H,4-6,8,13-20H2,1-3H3,(H,41,47)(H,42,49)/b11-7-/t22-,23-,27+,28+,38-/m1/s1. The molecule has 3 fully saturated rings. The van der Waals surface area contributed by atoms with E-state index in [0.717, 1.165) is 6.42 Å². The van der Waals surface area contributed by atoms with Gasteiger partial charge in [0.1, 0.15) is 29.5 Å². The van der Waals surface area contributed by atoms with E-state index in [-0.39, 0.29) is 50.1 Å². The number of sulfonamides is 1. The lowest BCUT2D eigenvalue weighted by Crippen LogP contribution is -2.58. The first-order chi connectivity index (χ1) is 25.5. The van der Waals surface area contributed by atoms with E-state index in [1.807, 2.05) is 12.2 Å². The molecule has 7 rings (SSSR count). The second kappa shape index (κ2) is 13.9. The second-order valence-corrected chi connectivity index (χ2v) is 18.3. The Bertz CT molecular complexity index is 2100. The number of nitrogens with zero attached hydrogens (tertiary/aromatic N) is 2. The van der Waals surface area contributed by atoms with E-state index < -0.39 is 90.8 Å². The molecule has 3 heterocycles. The fourth-order valence-electron chi connectivity index (χ4n) is 7.99. The number of benzene rings is 1. The van der Waals surface area contributed by atoms with Gasteiger partial charge in [-0.25, -0.2) is 17.6 Å². The maximum Gasteiger partial charge on any atom is 0.410 e. The average Bonchev–Trinajstić information content (AvgIpc) is 3.99. The summed E-state index contributed by atoms with van der Waals surface area (Å²) < 4.78 is 48.1. The first kappa shape index (κ1) is 37.7. The number of rotatable bonds is 6. The third-order valence-corrected chi connectivity index (χ3v) is 13.1. The number of halogens is 1. The Morgan fingerprint density at radius 2 is 1.78 bits per heavy atom. The zero-order valence-corrected chi connectivity index (χ0v) is 31.4. The highest BCUT2D eigenvalue weighted by Gasteiger charge is 2.62. The minimum atomic E-state index is -3.94. The van der Waals surface area contributed by atoms with Crippen molar-refractivity contribution in [3.63, 3.8) is 0 Å². The monoisotopic (exact) mass is 767 g/mol. The molecule has 0 spiro atoms. The van der Waals surface area contributed by atoms with E-state index in [1.165, 1.54) is 15.9 Å². The van der Waals surface area contributed by atoms with Crippen LogP contribution in [0.4, 0.5) is 14.9 Å². The molecule has 3 N–H and O–H groups in total. The Hall–Kier alpha value is -4.60. The number of hydrogen-bond donors (Lipinski definition) is 3. The maximum atomic E-state index is 14.6. The molecule has 5 aliphatic rings. The first-order valence-electron chi connectivity index (χ1n) is 18.7. The van der Waals surface area contributed by atoms with Crippen molar-refractivity contribution in [2.75, 3.05) is 11.9 Å². The van der Waals surface area contributed by atoms with E-state index in [0.29, 0.717) is 43.2 Å². The highest BCUT2D eigenvalue weighted by Crippen LogP contribution is 2.46. The third-order valence-electron chi connectivity index (χ3n) is 11.3. The minimum Gasteiger partial charge on any atom is -0.444 e. The SMILES string of the molecule is CC(C)(C)c1c(N[C@H]2CCCCC/C=C\[C@@H]3C[C@@]3(C(=O)NS(=O)(=O)C3CC3)NC(=O)[C@@H]3C[C@@H](OC(=O)N4Cc5cccc(F)c5C4)CN3C2=O)c(=O)c1=O. The van der Waals surface area contributed by atoms with Crippen LogP contribution in [-0.4, -0.2) is 77.6 Å². The van der Waals surface area contributed by atoms with Gasteiger partial charge in [0.2, 0.25) is 32.7 Å². The number of carbonyl (C=O) groups excluding carboxylic acids is 4. The van der Waals surface area contributed by atoms with Crippen molar-refractivity contribution in [1.82, 2.24) is 19.8 Å². The van der Waals surface area contributed by atoms with Crippen molar-refractivity contribution in [2.24, 2.45) is 5.92 Å². The minimum absolute atomic E-state index is 0.0135. The van der Waals surface area contributed by atoms with Crippen LogP contribution in [0, 0.1) is 11.7 Å². The molecular weight excluding hydrogens is 722 g/mol. The number of anilines is 1. The molecule has 2 aliphatic carbocycles. The van der Waals surface area contributed by atoms with Crippen LogP contribution >= 0.6 is 0 Å². The number of nitrogens with one attached hydrogen (secondary N) is 3. The van der Waals surface area contributed by atoms with Crippen LogP contribution in [0.3, 0.4) is 0 Å². The van der Waals surface area contributed by atoms with Gasteiger partial charge in [-0.3, -0.25) is 33.6 Å². The summed E-state index contributed by atoms with van der Waals surface area (Å²) in [6, 6.07) is 2.32. The predicted molar refractivity (Wildman–Crippen MR) is 195 cm³/mol. The van der Waals surface area contributed by atoms with Crippen molar-refractivity contribution in [3.8, 4) is 0 Å². The summed E-state index contributed by atoms with van der Waals surface area (Å²) in [7, 11) is -3.94. The van der Waals surface area contributed by atoms with E-state index >= 15 is 0 Å². The fourth-order valence-corrected chi connectivity index (χ4v) is 9.36. The smallest absolute Gasteiger partial charge is 0.410 e. The van der Waals surface area contributed by atoms with Gasteiger partial charge in [0.25, 0.3) is 5.91 Å². The van der Waals surface area contributed by atoms with Gasteiger partial charge in [0.15, 0.2) is 0 Å². The van der Waals surface area contributed by atoms with E-state index in [4.69, 9.17) is 4.74 Å². The molecule has 2 saturated carbocycles. The molecule has 0 unspecified atom stereocenters. The van der Waals surface area contributed by atoms with Crippen molar-refractivity contribution < 1.29 is 36.7 Å². The fraction of sp³-hybridized carbons (Fsp3) is 0.579. The summed E-state index contributed by atoms with van der Waals surface area (Å²) in [5, 5.41) is 5.18. The van der Waals surface area contributed by atoms with Gasteiger partial charge in [0.05, 0.1) is 24.0 Å². The van der Waals surface area contributed by atoms with Crippen LogP contribution in [0.1, 0.15) is 95.2 Å². The van der Waals surface area contributed by atoms with Gasteiger partial charge in [-0.1, -0.05) is 57.9 Å². The van der Waals surface area contributed by atoms with E-state index in [1.54, 1.807) is 32.9 Å². The Balaban J connectivity index is 1.17. The molecule has 0 radical (unpaired) electrons. The molecule has 290 valence electrons. The van der Waals surface area contributed by atoms with Gasteiger partial charge >= 0.3 is 6.09 Å². The lowest BCUT2D eigenvalue weighted by atomic mass is 9.82. The molecule has 1 saturated heterocycles. The van der Waals surface area contributed by atoms with Gasteiger partial charge in [-0.15, -0.1) is 0 Å². The largest absolute Gasteiger partial charge is 0.444 e. The molecule has 16 heteroatoms. The molecule has 4 amide bonds. The topological polar surface area (TPSA) is 188 Å². The van der Waals surface area contributed by atoms with Crippen LogP contribution in [-0.2, 0) is 47.6 Å². The zero-order valence-electron chi connectivity index (χ0n) is 30.6. The van der Waals surface area contributed by atoms with Crippen LogP contribution in [0.25, 0.3) is 0 Å². The molecule has 5 atom stereocenters. The average molecular weight is 768 g/mol. The van der Waals surface area contributed by atoms with E-state index in [2.05, 4.69) is 15.4 Å². The Labute approximate surface area is 312 Å². The molecule has 0 bridgehead atoms. The van der Waals surface area contributed by atoms with Gasteiger partial charge in [-0.2, -0.15) is 0 Å². The normalized spacial score (nSPS) is 28.2. The number of hydrogen-bond acceptors (Lipinski definition) is 10. The lowest BCUT2D eigenvalue weighted by Gasteiger charge is -2.32. The highest BCUT2D eigenvalue weighted by atomic mass is 32.2. The number of fused-ring (bicyclic) bond motifs is 3. The Morgan fingerprint density at radius 3 is 2.48 bits per heavy atom. The Morgan fingerprint density at radius 1 is 1.02 bits per heavy atom. The summed E-state index contributed by atoms with van der Waals surface area (Å²) in [5.74, 6) is -3.08. The predicted octanol–water partition coefficient (Wildman–Crippen LogP) is 2.63. The molecule has 3 aliphatic heterocycles. The van der Waals surface area contributed by atoms with Gasteiger partial charge in [0, 0.05) is 30.0 Å². The Kier molecular flexibility index (Phi) is 9.72. The summed E-state index contributed by atoms with van der Waals surface area (Å²) in [5.41, 5.74) is -2.25. The molecule has 0 aromatic heterocycles. The van der Waals surface area contributed by atoms with Crippen molar-refractivity contribution in [3.05, 3.63) is 73.3 Å². The number of carbonyl (C=O) groups is 4. The molecule has 54 heavy (non-hydrogen) atoms.